The SMILES string of the molecule is COC(=O)CC[C@H](C)CNC(=O)OC(C)(C)C. The molecular formula is C12H23NO4. The Morgan fingerprint density at radius 3 is 2.35 bits per heavy atom. The Bertz CT molecular complexity index is 258. The molecule has 0 rings (SSSR count). The first-order valence-electron chi connectivity index (χ1n) is 5.78. The maximum Gasteiger partial charge on any atom is 0.407 e. The highest BCUT2D eigenvalue weighted by molar-refractivity contribution is 5.69. The van der Waals surface area contributed by atoms with E-state index in [4.69, 9.17) is 4.74 Å². The standard InChI is InChI=1S/C12H23NO4/c1-9(6-7-10(14)16-5)8-13-11(15)17-12(2,3)4/h9H,6-8H2,1-5H3,(H,13,15)/t9-/m0/s1. The number of carbonyl (C=O) groups is 2. The molecule has 0 radical (unpaired) electrons. The van der Waals surface area contributed by atoms with Gasteiger partial charge >= 0.3 is 12.1 Å². The van der Waals surface area contributed by atoms with Crippen LogP contribution in [0, 0.1) is 5.92 Å². The largest absolute Gasteiger partial charge is 0.469 e. The summed E-state index contributed by atoms with van der Waals surface area (Å²) < 4.78 is 9.63. The summed E-state index contributed by atoms with van der Waals surface area (Å²) in [6, 6.07) is 0. The molecule has 1 atom stereocenters. The van der Waals surface area contributed by atoms with E-state index in [0.717, 1.165) is 0 Å². The molecule has 0 saturated heterocycles. The van der Waals surface area contributed by atoms with E-state index in [2.05, 4.69) is 10.1 Å². The van der Waals surface area contributed by atoms with Crippen LogP contribution in [0.4, 0.5) is 4.79 Å². The average molecular weight is 245 g/mol. The van der Waals surface area contributed by atoms with Crippen molar-refractivity contribution in [3.63, 3.8) is 0 Å². The maximum absolute atomic E-state index is 11.3. The second-order valence-electron chi connectivity index (χ2n) is 5.10. The van der Waals surface area contributed by atoms with Gasteiger partial charge in [0.15, 0.2) is 0 Å². The minimum Gasteiger partial charge on any atom is -0.469 e. The molecule has 0 aliphatic heterocycles. The van der Waals surface area contributed by atoms with Gasteiger partial charge < -0.3 is 14.8 Å². The van der Waals surface area contributed by atoms with Crippen LogP contribution in [0.25, 0.3) is 0 Å². The zero-order chi connectivity index (χ0) is 13.5. The predicted octanol–water partition coefficient (Wildman–Crippen LogP) is 2.10. The summed E-state index contributed by atoms with van der Waals surface area (Å²) in [5.74, 6) is -0.0178. The van der Waals surface area contributed by atoms with Gasteiger partial charge in [0.25, 0.3) is 0 Å². The lowest BCUT2D eigenvalue weighted by Crippen LogP contribution is -2.34. The van der Waals surface area contributed by atoms with Crippen LogP contribution >= 0.6 is 0 Å². The van der Waals surface area contributed by atoms with Gasteiger partial charge in [0.2, 0.25) is 0 Å². The Kier molecular flexibility index (Phi) is 6.61. The van der Waals surface area contributed by atoms with Gasteiger partial charge in [0.05, 0.1) is 7.11 Å². The summed E-state index contributed by atoms with van der Waals surface area (Å²) in [5, 5.41) is 2.67. The molecule has 0 aliphatic rings. The highest BCUT2D eigenvalue weighted by Gasteiger charge is 2.16. The van der Waals surface area contributed by atoms with Gasteiger partial charge in [0, 0.05) is 13.0 Å². The monoisotopic (exact) mass is 245 g/mol. The molecule has 0 aromatic heterocycles. The van der Waals surface area contributed by atoms with E-state index in [9.17, 15) is 9.59 Å². The first kappa shape index (κ1) is 15.7. The van der Waals surface area contributed by atoms with Crippen molar-refractivity contribution in [3.8, 4) is 0 Å². The molecule has 0 saturated carbocycles. The lowest BCUT2D eigenvalue weighted by Gasteiger charge is -2.20. The van der Waals surface area contributed by atoms with Crippen LogP contribution < -0.4 is 5.32 Å². The van der Waals surface area contributed by atoms with Crippen molar-refractivity contribution in [1.82, 2.24) is 5.32 Å². The van der Waals surface area contributed by atoms with Gasteiger partial charge in [-0.15, -0.1) is 0 Å². The number of amides is 1. The number of hydrogen-bond donors (Lipinski definition) is 1. The van der Waals surface area contributed by atoms with Crippen LogP contribution in [0.3, 0.4) is 0 Å². The minimum absolute atomic E-state index is 0.210. The smallest absolute Gasteiger partial charge is 0.407 e. The zero-order valence-electron chi connectivity index (χ0n) is 11.3. The van der Waals surface area contributed by atoms with Crippen molar-refractivity contribution in [3.05, 3.63) is 0 Å². The lowest BCUT2D eigenvalue weighted by atomic mass is 10.1. The fraction of sp³-hybridized carbons (Fsp3) is 0.833. The first-order valence-corrected chi connectivity index (χ1v) is 5.78. The van der Waals surface area contributed by atoms with E-state index in [1.165, 1.54) is 7.11 Å². The Morgan fingerprint density at radius 1 is 1.29 bits per heavy atom. The van der Waals surface area contributed by atoms with Gasteiger partial charge in [-0.3, -0.25) is 4.79 Å². The van der Waals surface area contributed by atoms with E-state index in [0.29, 0.717) is 19.4 Å². The predicted molar refractivity (Wildman–Crippen MR) is 64.7 cm³/mol. The zero-order valence-corrected chi connectivity index (χ0v) is 11.3. The number of alkyl carbamates (subject to hydrolysis) is 1. The Hall–Kier alpha value is -1.26. The molecule has 0 aromatic carbocycles. The van der Waals surface area contributed by atoms with Crippen molar-refractivity contribution in [2.24, 2.45) is 5.92 Å². The Morgan fingerprint density at radius 2 is 1.88 bits per heavy atom. The molecule has 1 amide bonds. The maximum atomic E-state index is 11.3. The third-order valence-corrected chi connectivity index (χ3v) is 2.06. The van der Waals surface area contributed by atoms with Gasteiger partial charge in [-0.25, -0.2) is 4.79 Å². The van der Waals surface area contributed by atoms with Crippen LogP contribution in [0.15, 0.2) is 0 Å². The minimum atomic E-state index is -0.487. The van der Waals surface area contributed by atoms with Crippen molar-refractivity contribution < 1.29 is 19.1 Å². The molecule has 0 aromatic rings. The third-order valence-electron chi connectivity index (χ3n) is 2.06. The van der Waals surface area contributed by atoms with Crippen LogP contribution in [-0.4, -0.2) is 31.3 Å². The highest BCUT2D eigenvalue weighted by atomic mass is 16.6. The summed E-state index contributed by atoms with van der Waals surface area (Å²) >= 11 is 0. The van der Waals surface area contributed by atoms with Crippen LogP contribution in [0.2, 0.25) is 0 Å². The average Bonchev–Trinajstić information content (AvgIpc) is 2.20. The van der Waals surface area contributed by atoms with Gasteiger partial charge in [-0.2, -0.15) is 0 Å². The van der Waals surface area contributed by atoms with Crippen molar-refractivity contribution in [2.45, 2.75) is 46.1 Å². The number of ether oxygens (including phenoxy) is 2. The number of carbonyl (C=O) groups excluding carboxylic acids is 2. The fourth-order valence-corrected chi connectivity index (χ4v) is 1.14. The first-order chi connectivity index (χ1) is 7.74. The number of methoxy groups -OCH3 is 1. The van der Waals surface area contributed by atoms with Gasteiger partial charge in [-0.05, 0) is 33.1 Å². The molecule has 5 nitrogen and oxygen atoms in total. The molecular weight excluding hydrogens is 222 g/mol. The summed E-state index contributed by atoms with van der Waals surface area (Å²) in [4.78, 5) is 22.2. The molecule has 100 valence electrons. The summed E-state index contributed by atoms with van der Waals surface area (Å²) in [6.07, 6.45) is 0.623. The van der Waals surface area contributed by atoms with Gasteiger partial charge in [0.1, 0.15) is 5.60 Å². The van der Waals surface area contributed by atoms with Crippen molar-refractivity contribution >= 4 is 12.1 Å². The van der Waals surface area contributed by atoms with Crippen molar-refractivity contribution in [2.75, 3.05) is 13.7 Å². The Balaban J connectivity index is 3.73. The van der Waals surface area contributed by atoms with E-state index in [1.54, 1.807) is 0 Å². The van der Waals surface area contributed by atoms with Gasteiger partial charge in [-0.1, -0.05) is 6.92 Å². The Labute approximate surface area is 103 Å². The van der Waals surface area contributed by atoms with E-state index < -0.39 is 11.7 Å². The van der Waals surface area contributed by atoms with Crippen LogP contribution in [-0.2, 0) is 14.3 Å². The molecule has 0 heterocycles. The molecule has 1 N–H and O–H groups in total. The van der Waals surface area contributed by atoms with Crippen molar-refractivity contribution in [1.29, 1.82) is 0 Å². The molecule has 0 bridgehead atoms. The normalized spacial score (nSPS) is 12.8. The number of esters is 1. The number of rotatable bonds is 5. The molecule has 17 heavy (non-hydrogen) atoms. The topological polar surface area (TPSA) is 64.6 Å². The molecule has 0 fully saturated rings. The van der Waals surface area contributed by atoms with Crippen LogP contribution in [0.1, 0.15) is 40.5 Å². The fourth-order valence-electron chi connectivity index (χ4n) is 1.14. The molecule has 0 spiro atoms. The second-order valence-corrected chi connectivity index (χ2v) is 5.10. The number of nitrogens with one attached hydrogen (secondary N) is 1. The van der Waals surface area contributed by atoms with E-state index in [-0.39, 0.29) is 11.9 Å². The lowest BCUT2D eigenvalue weighted by molar-refractivity contribution is -0.140. The molecule has 5 heteroatoms. The molecule has 0 unspecified atom stereocenters. The van der Waals surface area contributed by atoms with E-state index >= 15 is 0 Å². The quantitative estimate of drug-likeness (QED) is 0.753. The summed E-state index contributed by atoms with van der Waals surface area (Å²) in [7, 11) is 1.37. The highest BCUT2D eigenvalue weighted by Crippen LogP contribution is 2.08. The van der Waals surface area contributed by atoms with Crippen LogP contribution in [0.5, 0.6) is 0 Å². The van der Waals surface area contributed by atoms with E-state index in [1.807, 2.05) is 27.7 Å². The second kappa shape index (κ2) is 7.14. The summed E-state index contributed by atoms with van der Waals surface area (Å²) in [6.45, 7) is 7.89. The third kappa shape index (κ3) is 9.66. The summed E-state index contributed by atoms with van der Waals surface area (Å²) in [5.41, 5.74) is -0.487. The number of hydrogen-bond acceptors (Lipinski definition) is 4. The molecule has 0 aliphatic carbocycles.